The minimum atomic E-state index is 0.280. The number of fused-ring (bicyclic) bond motifs is 2. The molecule has 2 aliphatic rings. The third-order valence-corrected chi connectivity index (χ3v) is 4.98. The molecule has 19 heavy (non-hydrogen) atoms. The molecule has 3 rings (SSSR count). The number of hydrogen-bond acceptors (Lipinski definition) is 1. The van der Waals surface area contributed by atoms with Crippen molar-refractivity contribution in [1.29, 1.82) is 0 Å². The van der Waals surface area contributed by atoms with Crippen LogP contribution in [0.5, 0.6) is 0 Å². The summed E-state index contributed by atoms with van der Waals surface area (Å²) in [6, 6.07) is 7.76. The van der Waals surface area contributed by atoms with Gasteiger partial charge in [-0.05, 0) is 48.8 Å². The number of carbonyl (C=O) groups excluding carboxylic acids is 1. The molecule has 2 bridgehead atoms. The molecule has 1 aromatic rings. The van der Waals surface area contributed by atoms with Crippen LogP contribution in [-0.4, -0.2) is 17.9 Å². The van der Waals surface area contributed by atoms with Crippen LogP contribution < -0.4 is 0 Å². The van der Waals surface area contributed by atoms with Crippen molar-refractivity contribution < 1.29 is 4.79 Å². The van der Waals surface area contributed by atoms with Gasteiger partial charge >= 0.3 is 0 Å². The van der Waals surface area contributed by atoms with Crippen LogP contribution in [0.4, 0.5) is 0 Å². The predicted molar refractivity (Wildman–Crippen MR) is 76.9 cm³/mol. The van der Waals surface area contributed by atoms with Crippen LogP contribution in [0, 0.1) is 17.8 Å². The average molecular weight is 278 g/mol. The van der Waals surface area contributed by atoms with Crippen LogP contribution >= 0.6 is 11.6 Å². The van der Waals surface area contributed by atoms with Crippen molar-refractivity contribution >= 4 is 17.5 Å². The number of hydrogen-bond donors (Lipinski definition) is 0. The van der Waals surface area contributed by atoms with Gasteiger partial charge in [0.2, 0.25) is 5.91 Å². The van der Waals surface area contributed by atoms with Crippen molar-refractivity contribution in [3.8, 4) is 0 Å². The van der Waals surface area contributed by atoms with Crippen LogP contribution in [-0.2, 0) is 11.3 Å². The maximum atomic E-state index is 12.5. The number of nitrogens with zero attached hydrogens (tertiary/aromatic N) is 1. The first-order valence-electron chi connectivity index (χ1n) is 7.13. The standard InChI is InChI=1S/C16H20ClNO/c1-18(10-12-3-2-4-14(17)8-12)16(19)15-9-11-5-6-13(15)7-11/h2-4,8,11,13,15H,5-7,9-10H2,1H3. The summed E-state index contributed by atoms with van der Waals surface area (Å²) in [6.45, 7) is 0.660. The molecule has 0 N–H and O–H groups in total. The summed E-state index contributed by atoms with van der Waals surface area (Å²) in [4.78, 5) is 14.4. The molecule has 3 atom stereocenters. The highest BCUT2D eigenvalue weighted by atomic mass is 35.5. The smallest absolute Gasteiger partial charge is 0.226 e. The van der Waals surface area contributed by atoms with Gasteiger partial charge in [-0.2, -0.15) is 0 Å². The molecule has 2 fully saturated rings. The van der Waals surface area contributed by atoms with Crippen molar-refractivity contribution in [3.63, 3.8) is 0 Å². The quantitative estimate of drug-likeness (QED) is 0.824. The first kappa shape index (κ1) is 13.0. The number of halogens is 1. The van der Waals surface area contributed by atoms with E-state index in [9.17, 15) is 4.79 Å². The Balaban J connectivity index is 1.64. The number of rotatable bonds is 3. The van der Waals surface area contributed by atoms with Crippen LogP contribution in [0.25, 0.3) is 0 Å². The Morgan fingerprint density at radius 2 is 2.21 bits per heavy atom. The van der Waals surface area contributed by atoms with Gasteiger partial charge in [-0.1, -0.05) is 30.2 Å². The summed E-state index contributed by atoms with van der Waals surface area (Å²) < 4.78 is 0. The summed E-state index contributed by atoms with van der Waals surface area (Å²) in [6.07, 6.45) is 4.99. The van der Waals surface area contributed by atoms with Gasteiger partial charge in [0.25, 0.3) is 0 Å². The molecule has 0 spiro atoms. The first-order valence-corrected chi connectivity index (χ1v) is 7.50. The Morgan fingerprint density at radius 3 is 2.84 bits per heavy atom. The highest BCUT2D eigenvalue weighted by molar-refractivity contribution is 6.30. The van der Waals surface area contributed by atoms with Gasteiger partial charge in [-0.15, -0.1) is 0 Å². The van der Waals surface area contributed by atoms with E-state index in [1.165, 1.54) is 19.3 Å². The highest BCUT2D eigenvalue weighted by Crippen LogP contribution is 2.48. The first-order chi connectivity index (χ1) is 9.13. The third-order valence-electron chi connectivity index (χ3n) is 4.74. The minimum Gasteiger partial charge on any atom is -0.341 e. The maximum Gasteiger partial charge on any atom is 0.226 e. The summed E-state index contributed by atoms with van der Waals surface area (Å²) in [7, 11) is 1.91. The molecule has 3 heteroatoms. The summed E-state index contributed by atoms with van der Waals surface area (Å²) in [5.74, 6) is 2.08. The fraction of sp³-hybridized carbons (Fsp3) is 0.562. The van der Waals surface area contributed by atoms with E-state index in [1.54, 1.807) is 0 Å². The molecule has 3 unspecified atom stereocenters. The van der Waals surface area contributed by atoms with Gasteiger partial charge in [0.05, 0.1) is 0 Å². The Morgan fingerprint density at radius 1 is 1.37 bits per heavy atom. The summed E-state index contributed by atoms with van der Waals surface area (Å²) in [5.41, 5.74) is 1.10. The van der Waals surface area contributed by atoms with Gasteiger partial charge in [0.15, 0.2) is 0 Å². The largest absolute Gasteiger partial charge is 0.341 e. The second-order valence-electron chi connectivity index (χ2n) is 6.11. The van der Waals surface area contributed by atoms with Crippen LogP contribution in [0.2, 0.25) is 5.02 Å². The zero-order chi connectivity index (χ0) is 13.4. The molecule has 0 radical (unpaired) electrons. The van der Waals surface area contributed by atoms with Crippen molar-refractivity contribution in [2.75, 3.05) is 7.05 Å². The van der Waals surface area contributed by atoms with Gasteiger partial charge in [0.1, 0.15) is 0 Å². The average Bonchev–Trinajstić information content (AvgIpc) is 3.00. The van der Waals surface area contributed by atoms with E-state index in [-0.39, 0.29) is 5.92 Å². The van der Waals surface area contributed by atoms with Gasteiger partial charge in [-0.25, -0.2) is 0 Å². The van der Waals surface area contributed by atoms with Crippen LogP contribution in [0.1, 0.15) is 31.2 Å². The van der Waals surface area contributed by atoms with Crippen molar-refractivity contribution in [3.05, 3.63) is 34.9 Å². The zero-order valence-electron chi connectivity index (χ0n) is 11.3. The van der Waals surface area contributed by atoms with Gasteiger partial charge in [0, 0.05) is 24.5 Å². The maximum absolute atomic E-state index is 12.5. The second kappa shape index (κ2) is 5.16. The Kier molecular flexibility index (Phi) is 3.53. The molecule has 2 saturated carbocycles. The Hall–Kier alpha value is -1.02. The fourth-order valence-electron chi connectivity index (χ4n) is 3.82. The second-order valence-corrected chi connectivity index (χ2v) is 6.54. The lowest BCUT2D eigenvalue weighted by Crippen LogP contribution is -2.35. The molecule has 1 aromatic carbocycles. The summed E-state index contributed by atoms with van der Waals surface area (Å²) in [5, 5.41) is 0.735. The van der Waals surface area contributed by atoms with Crippen LogP contribution in [0.3, 0.4) is 0 Å². The Labute approximate surface area is 119 Å². The fourth-order valence-corrected chi connectivity index (χ4v) is 4.03. The molecule has 0 aliphatic heterocycles. The lowest BCUT2D eigenvalue weighted by Gasteiger charge is -2.26. The van der Waals surface area contributed by atoms with E-state index in [0.717, 1.165) is 22.9 Å². The van der Waals surface area contributed by atoms with E-state index in [2.05, 4.69) is 0 Å². The number of amides is 1. The van der Waals surface area contributed by atoms with Crippen LogP contribution in [0.15, 0.2) is 24.3 Å². The normalized spacial score (nSPS) is 28.6. The SMILES string of the molecule is CN(Cc1cccc(Cl)c1)C(=O)C1CC2CCC1C2. The third kappa shape index (κ3) is 2.64. The van der Waals surface area contributed by atoms with Gasteiger partial charge in [-0.3, -0.25) is 4.79 Å². The molecule has 2 aliphatic carbocycles. The Bertz CT molecular complexity index is 487. The lowest BCUT2D eigenvalue weighted by atomic mass is 9.88. The van der Waals surface area contributed by atoms with Crippen molar-refractivity contribution in [2.45, 2.75) is 32.2 Å². The molecular weight excluding hydrogens is 258 g/mol. The van der Waals surface area contributed by atoms with E-state index >= 15 is 0 Å². The van der Waals surface area contributed by atoms with E-state index in [4.69, 9.17) is 11.6 Å². The minimum absolute atomic E-state index is 0.280. The van der Waals surface area contributed by atoms with Crippen molar-refractivity contribution in [1.82, 2.24) is 4.90 Å². The van der Waals surface area contributed by atoms with E-state index in [0.29, 0.717) is 18.4 Å². The highest BCUT2D eigenvalue weighted by Gasteiger charge is 2.43. The van der Waals surface area contributed by atoms with Gasteiger partial charge < -0.3 is 4.90 Å². The van der Waals surface area contributed by atoms with Crippen molar-refractivity contribution in [2.24, 2.45) is 17.8 Å². The molecule has 102 valence electrons. The molecular formula is C16H20ClNO. The number of benzene rings is 1. The summed E-state index contributed by atoms with van der Waals surface area (Å²) >= 11 is 5.98. The van der Waals surface area contributed by atoms with E-state index in [1.807, 2.05) is 36.2 Å². The molecule has 0 aromatic heterocycles. The lowest BCUT2D eigenvalue weighted by molar-refractivity contribution is -0.136. The zero-order valence-corrected chi connectivity index (χ0v) is 12.1. The van der Waals surface area contributed by atoms with E-state index < -0.39 is 0 Å². The predicted octanol–water partition coefficient (Wildman–Crippen LogP) is 3.73. The molecule has 0 saturated heterocycles. The molecule has 1 amide bonds. The molecule has 0 heterocycles. The monoisotopic (exact) mass is 277 g/mol. The number of carbonyl (C=O) groups is 1. The molecule has 2 nitrogen and oxygen atoms in total. The topological polar surface area (TPSA) is 20.3 Å².